The van der Waals surface area contributed by atoms with Crippen LogP contribution in [0.2, 0.25) is 0 Å². The van der Waals surface area contributed by atoms with Crippen LogP contribution in [0.25, 0.3) is 0 Å². The minimum atomic E-state index is -1.01. The molecule has 9 heteroatoms. The summed E-state index contributed by atoms with van der Waals surface area (Å²) in [6.45, 7) is 0.775. The number of hydrogen-bond acceptors (Lipinski definition) is 5. The largest absolute Gasteiger partial charge is 0.480 e. The molecule has 0 spiro atoms. The van der Waals surface area contributed by atoms with Crippen LogP contribution < -0.4 is 11.1 Å². The summed E-state index contributed by atoms with van der Waals surface area (Å²) in [6.07, 6.45) is 5.92. The quantitative estimate of drug-likeness (QED) is 0.645. The van der Waals surface area contributed by atoms with Gasteiger partial charge in [-0.3, -0.25) is 14.3 Å². The Morgan fingerprint density at radius 1 is 1.40 bits per heavy atom. The van der Waals surface area contributed by atoms with Crippen molar-refractivity contribution in [2.45, 2.75) is 13.1 Å². The first-order valence-electron chi connectivity index (χ1n) is 5.86. The van der Waals surface area contributed by atoms with Gasteiger partial charge in [0.15, 0.2) is 0 Å². The molecule has 0 aromatic carbocycles. The van der Waals surface area contributed by atoms with Gasteiger partial charge in [-0.15, -0.1) is 0 Å². The molecule has 0 bridgehead atoms. The van der Waals surface area contributed by atoms with Crippen molar-refractivity contribution in [1.82, 2.24) is 19.3 Å². The summed E-state index contributed by atoms with van der Waals surface area (Å²) < 4.78 is 2.92. The van der Waals surface area contributed by atoms with Crippen LogP contribution in [-0.4, -0.2) is 42.9 Å². The van der Waals surface area contributed by atoms with E-state index in [2.05, 4.69) is 15.4 Å². The maximum absolute atomic E-state index is 11.9. The normalized spacial score (nSPS) is 10.4. The number of hydrogen-bond donors (Lipinski definition) is 3. The molecule has 0 atom stereocenters. The Kier molecular flexibility index (Phi) is 4.11. The van der Waals surface area contributed by atoms with E-state index in [1.165, 1.54) is 23.4 Å². The Morgan fingerprint density at radius 3 is 2.90 bits per heavy atom. The summed E-state index contributed by atoms with van der Waals surface area (Å²) in [6, 6.07) is 0. The molecule has 20 heavy (non-hydrogen) atoms. The number of nitrogens with zero attached hydrogens (tertiary/aromatic N) is 4. The topological polar surface area (TPSA) is 128 Å². The Hall–Kier alpha value is -2.68. The third kappa shape index (κ3) is 3.42. The number of anilines is 1. The highest BCUT2D eigenvalue weighted by atomic mass is 16.4. The van der Waals surface area contributed by atoms with Crippen molar-refractivity contribution in [1.29, 1.82) is 0 Å². The second-order valence-corrected chi connectivity index (χ2v) is 4.06. The monoisotopic (exact) mass is 278 g/mol. The molecule has 2 rings (SSSR count). The molecule has 0 radical (unpaired) electrons. The van der Waals surface area contributed by atoms with E-state index in [9.17, 15) is 9.59 Å². The van der Waals surface area contributed by atoms with Gasteiger partial charge in [0.05, 0.1) is 18.2 Å². The summed E-state index contributed by atoms with van der Waals surface area (Å²) in [5.41, 5.74) is 6.06. The molecule has 0 aliphatic carbocycles. The van der Waals surface area contributed by atoms with Crippen molar-refractivity contribution >= 4 is 17.6 Å². The van der Waals surface area contributed by atoms with E-state index in [0.717, 1.165) is 0 Å². The molecule has 2 aromatic heterocycles. The Bertz CT molecular complexity index is 617. The molecule has 106 valence electrons. The number of amides is 1. The van der Waals surface area contributed by atoms with Gasteiger partial charge in [-0.05, 0) is 0 Å². The number of carbonyl (C=O) groups excluding carboxylic acids is 1. The number of nitrogens with one attached hydrogen (secondary N) is 1. The van der Waals surface area contributed by atoms with Crippen LogP contribution in [0.3, 0.4) is 0 Å². The van der Waals surface area contributed by atoms with Crippen LogP contribution in [-0.2, 0) is 17.9 Å². The minimum Gasteiger partial charge on any atom is -0.480 e. The van der Waals surface area contributed by atoms with E-state index in [1.54, 1.807) is 10.8 Å². The lowest BCUT2D eigenvalue weighted by Crippen LogP contribution is -2.13. The van der Waals surface area contributed by atoms with Crippen LogP contribution in [0.1, 0.15) is 10.5 Å². The van der Waals surface area contributed by atoms with E-state index in [4.69, 9.17) is 10.8 Å². The number of carboxylic acids is 1. The number of aromatic nitrogens is 4. The van der Waals surface area contributed by atoms with Crippen LogP contribution in [0.5, 0.6) is 0 Å². The van der Waals surface area contributed by atoms with Gasteiger partial charge in [0.1, 0.15) is 12.2 Å². The smallest absolute Gasteiger partial charge is 0.325 e. The summed E-state index contributed by atoms with van der Waals surface area (Å²) >= 11 is 0. The zero-order valence-electron chi connectivity index (χ0n) is 10.6. The predicted octanol–water partition coefficient (Wildman–Crippen LogP) is -0.625. The zero-order chi connectivity index (χ0) is 14.5. The number of imidazole rings is 1. The van der Waals surface area contributed by atoms with Crippen LogP contribution in [0, 0.1) is 0 Å². The van der Waals surface area contributed by atoms with E-state index in [1.807, 2.05) is 0 Å². The van der Waals surface area contributed by atoms with Crippen molar-refractivity contribution < 1.29 is 14.7 Å². The van der Waals surface area contributed by atoms with Crippen LogP contribution >= 0.6 is 0 Å². The molecular formula is C11H14N6O3. The van der Waals surface area contributed by atoms with Gasteiger partial charge >= 0.3 is 5.97 Å². The number of aliphatic carboxylic acids is 1. The van der Waals surface area contributed by atoms with E-state index in [0.29, 0.717) is 18.8 Å². The number of rotatable bonds is 6. The standard InChI is InChI=1S/C11H14N6O3/c12-1-2-16-5-9(13-7-16)11(20)15-8-3-14-17(4-8)6-10(18)19/h3-5,7H,1-2,6,12H2,(H,15,20)(H,18,19). The molecule has 1 amide bonds. The van der Waals surface area contributed by atoms with E-state index < -0.39 is 11.9 Å². The summed E-state index contributed by atoms with van der Waals surface area (Å²) in [4.78, 5) is 26.4. The van der Waals surface area contributed by atoms with Crippen molar-refractivity contribution in [3.05, 3.63) is 30.6 Å². The van der Waals surface area contributed by atoms with Crippen LogP contribution in [0.4, 0.5) is 5.69 Å². The van der Waals surface area contributed by atoms with Crippen molar-refractivity contribution in [3.63, 3.8) is 0 Å². The third-order valence-electron chi connectivity index (χ3n) is 2.44. The molecule has 2 aromatic rings. The number of carboxylic acid groups (broad SMARTS) is 1. The maximum Gasteiger partial charge on any atom is 0.325 e. The summed E-state index contributed by atoms with van der Waals surface area (Å²) in [5, 5.41) is 15.0. The van der Waals surface area contributed by atoms with Crippen molar-refractivity contribution in [2.75, 3.05) is 11.9 Å². The van der Waals surface area contributed by atoms with Crippen molar-refractivity contribution in [2.24, 2.45) is 5.73 Å². The van der Waals surface area contributed by atoms with Gasteiger partial charge in [-0.2, -0.15) is 5.10 Å². The fourth-order valence-corrected chi connectivity index (χ4v) is 1.60. The van der Waals surface area contributed by atoms with Gasteiger partial charge in [-0.25, -0.2) is 4.98 Å². The average Bonchev–Trinajstić information content (AvgIpc) is 2.99. The molecule has 2 heterocycles. The molecule has 9 nitrogen and oxygen atoms in total. The summed E-state index contributed by atoms with van der Waals surface area (Å²) in [7, 11) is 0. The fraction of sp³-hybridized carbons (Fsp3) is 0.273. The molecular weight excluding hydrogens is 264 g/mol. The molecule has 0 fully saturated rings. The predicted molar refractivity (Wildman–Crippen MR) is 69.1 cm³/mol. The SMILES string of the molecule is NCCn1cnc(C(=O)Nc2cnn(CC(=O)O)c2)c1. The first-order valence-corrected chi connectivity index (χ1v) is 5.86. The average molecular weight is 278 g/mol. The highest BCUT2D eigenvalue weighted by molar-refractivity contribution is 6.02. The molecule has 0 saturated carbocycles. The minimum absolute atomic E-state index is 0.254. The molecule has 0 aliphatic rings. The lowest BCUT2D eigenvalue weighted by Gasteiger charge is -1.99. The van der Waals surface area contributed by atoms with Gasteiger partial charge in [0.2, 0.25) is 0 Å². The van der Waals surface area contributed by atoms with Gasteiger partial charge in [-0.1, -0.05) is 0 Å². The molecule has 0 aliphatic heterocycles. The second kappa shape index (κ2) is 5.97. The highest BCUT2D eigenvalue weighted by Gasteiger charge is 2.11. The van der Waals surface area contributed by atoms with Gasteiger partial charge < -0.3 is 20.7 Å². The number of nitrogens with two attached hydrogens (primary N) is 1. The lowest BCUT2D eigenvalue weighted by atomic mass is 10.4. The summed E-state index contributed by atoms with van der Waals surface area (Å²) in [5.74, 6) is -1.40. The molecule has 0 unspecified atom stereocenters. The van der Waals surface area contributed by atoms with E-state index >= 15 is 0 Å². The van der Waals surface area contributed by atoms with Gasteiger partial charge in [0.25, 0.3) is 5.91 Å². The Morgan fingerprint density at radius 2 is 2.20 bits per heavy atom. The van der Waals surface area contributed by atoms with E-state index in [-0.39, 0.29) is 12.2 Å². The third-order valence-corrected chi connectivity index (χ3v) is 2.44. The van der Waals surface area contributed by atoms with Crippen molar-refractivity contribution in [3.8, 4) is 0 Å². The Balaban J connectivity index is 1.99. The fourth-order valence-electron chi connectivity index (χ4n) is 1.60. The molecule has 0 saturated heterocycles. The number of carbonyl (C=O) groups is 2. The first kappa shape index (κ1) is 13.7. The Labute approximate surface area is 114 Å². The maximum atomic E-state index is 11.9. The van der Waals surface area contributed by atoms with Gasteiger partial charge in [0, 0.05) is 25.5 Å². The molecule has 4 N–H and O–H groups in total. The zero-order valence-corrected chi connectivity index (χ0v) is 10.6. The lowest BCUT2D eigenvalue weighted by molar-refractivity contribution is -0.137. The highest BCUT2D eigenvalue weighted by Crippen LogP contribution is 2.07. The second-order valence-electron chi connectivity index (χ2n) is 4.06. The first-order chi connectivity index (χ1) is 9.58. The van der Waals surface area contributed by atoms with Crippen LogP contribution in [0.15, 0.2) is 24.9 Å².